The van der Waals surface area contributed by atoms with Crippen LogP contribution in [0.1, 0.15) is 11.1 Å². The summed E-state index contributed by atoms with van der Waals surface area (Å²) in [6, 6.07) is 13.6. The molecular formula is C20H14Cl3N3. The van der Waals surface area contributed by atoms with Gasteiger partial charge < -0.3 is 10.2 Å². The molecule has 3 nitrogen and oxygen atoms in total. The van der Waals surface area contributed by atoms with Crippen LogP contribution in [0.2, 0.25) is 15.1 Å². The predicted molar refractivity (Wildman–Crippen MR) is 114 cm³/mol. The molecule has 1 aliphatic carbocycles. The first-order chi connectivity index (χ1) is 12.5. The average Bonchev–Trinajstić information content (AvgIpc) is 3.04. The van der Waals surface area contributed by atoms with E-state index in [4.69, 9.17) is 40.2 Å². The summed E-state index contributed by atoms with van der Waals surface area (Å²) in [6.07, 6.45) is 4.23. The maximum Gasteiger partial charge on any atom is 0.199 e. The molecule has 6 heteroatoms. The van der Waals surface area contributed by atoms with Crippen molar-refractivity contribution < 1.29 is 0 Å². The number of guanidine groups is 1. The van der Waals surface area contributed by atoms with E-state index in [0.29, 0.717) is 20.8 Å². The van der Waals surface area contributed by atoms with E-state index < -0.39 is 0 Å². The number of anilines is 2. The van der Waals surface area contributed by atoms with E-state index in [0.717, 1.165) is 11.1 Å². The second-order valence-corrected chi connectivity index (χ2v) is 7.26. The number of rotatable bonds is 2. The highest BCUT2D eigenvalue weighted by atomic mass is 35.5. The Morgan fingerprint density at radius 2 is 1.62 bits per heavy atom. The molecule has 0 radical (unpaired) electrons. The first-order valence-electron chi connectivity index (χ1n) is 7.93. The van der Waals surface area contributed by atoms with Gasteiger partial charge in [-0.2, -0.15) is 0 Å². The van der Waals surface area contributed by atoms with Gasteiger partial charge in [0, 0.05) is 18.1 Å². The predicted octanol–water partition coefficient (Wildman–Crippen LogP) is 6.77. The minimum atomic E-state index is 0.200. The van der Waals surface area contributed by atoms with Crippen molar-refractivity contribution in [2.45, 2.75) is 0 Å². The Bertz CT molecular complexity index is 1050. The van der Waals surface area contributed by atoms with Crippen LogP contribution >= 0.6 is 34.8 Å². The van der Waals surface area contributed by atoms with E-state index in [2.05, 4.69) is 35.7 Å². The van der Waals surface area contributed by atoms with Crippen molar-refractivity contribution in [2.24, 2.45) is 0 Å². The molecule has 0 spiro atoms. The standard InChI is InChI=1S/C20H14Cl3N3/c1-26(20(24)25-13-9-15(21)19(23)16(22)10-13)17-8-7-12-6-5-11-3-2-4-14(17)18(11)12/h2-10H,1H3,(H2,24,25). The van der Waals surface area contributed by atoms with Crippen LogP contribution in [-0.4, -0.2) is 13.0 Å². The van der Waals surface area contributed by atoms with Crippen molar-refractivity contribution in [1.82, 2.24) is 0 Å². The second kappa shape index (κ2) is 6.51. The molecule has 0 atom stereocenters. The van der Waals surface area contributed by atoms with Gasteiger partial charge in [0.25, 0.3) is 0 Å². The van der Waals surface area contributed by atoms with Gasteiger partial charge in [0.15, 0.2) is 5.96 Å². The van der Waals surface area contributed by atoms with E-state index in [1.807, 2.05) is 19.2 Å². The van der Waals surface area contributed by atoms with Gasteiger partial charge in [0.05, 0.1) is 20.8 Å². The molecule has 0 saturated heterocycles. The summed E-state index contributed by atoms with van der Waals surface area (Å²) < 4.78 is 0. The minimum Gasteiger partial charge on any atom is -0.326 e. The molecule has 0 unspecified atom stereocenters. The molecule has 0 fully saturated rings. The lowest BCUT2D eigenvalue weighted by Gasteiger charge is -2.23. The zero-order valence-corrected chi connectivity index (χ0v) is 16.0. The molecule has 1 aliphatic rings. The molecular weight excluding hydrogens is 389 g/mol. The number of halogens is 3. The Hall–Kier alpha value is -2.20. The minimum absolute atomic E-state index is 0.200. The lowest BCUT2D eigenvalue weighted by Crippen LogP contribution is -2.32. The fourth-order valence-corrected chi connectivity index (χ4v) is 3.76. The van der Waals surface area contributed by atoms with Gasteiger partial charge in [-0.15, -0.1) is 0 Å². The Balaban J connectivity index is 1.68. The van der Waals surface area contributed by atoms with Crippen LogP contribution in [0.25, 0.3) is 22.9 Å². The van der Waals surface area contributed by atoms with Gasteiger partial charge in [-0.3, -0.25) is 5.41 Å². The number of nitrogens with zero attached hydrogens (tertiary/aromatic N) is 1. The maximum absolute atomic E-state index is 8.44. The van der Waals surface area contributed by atoms with Gasteiger partial charge >= 0.3 is 0 Å². The van der Waals surface area contributed by atoms with Crippen LogP contribution in [0.5, 0.6) is 0 Å². The molecule has 2 N–H and O–H groups in total. The molecule has 3 aromatic carbocycles. The summed E-state index contributed by atoms with van der Waals surface area (Å²) in [4.78, 5) is 1.79. The van der Waals surface area contributed by atoms with Crippen molar-refractivity contribution in [1.29, 1.82) is 5.41 Å². The third-order valence-corrected chi connectivity index (χ3v) is 5.66. The Morgan fingerprint density at radius 3 is 2.31 bits per heavy atom. The van der Waals surface area contributed by atoms with Crippen LogP contribution in [0.3, 0.4) is 0 Å². The van der Waals surface area contributed by atoms with Crippen molar-refractivity contribution in [3.8, 4) is 0 Å². The fourth-order valence-electron chi connectivity index (χ4n) is 3.17. The first kappa shape index (κ1) is 17.2. The average molecular weight is 403 g/mol. The van der Waals surface area contributed by atoms with Gasteiger partial charge in [-0.25, -0.2) is 0 Å². The molecule has 0 aromatic heterocycles. The summed E-state index contributed by atoms with van der Waals surface area (Å²) >= 11 is 18.1. The van der Waals surface area contributed by atoms with Crippen molar-refractivity contribution in [2.75, 3.05) is 17.3 Å². The van der Waals surface area contributed by atoms with Crippen LogP contribution in [-0.2, 0) is 0 Å². The van der Waals surface area contributed by atoms with E-state index in [1.54, 1.807) is 17.0 Å². The first-order valence-corrected chi connectivity index (χ1v) is 9.07. The lowest BCUT2D eigenvalue weighted by atomic mass is 10.0. The third-order valence-electron chi connectivity index (χ3n) is 4.47. The summed E-state index contributed by atoms with van der Waals surface area (Å²) in [6.45, 7) is 0. The number of nitrogens with one attached hydrogen (secondary N) is 2. The summed E-state index contributed by atoms with van der Waals surface area (Å²) in [7, 11) is 1.85. The lowest BCUT2D eigenvalue weighted by molar-refractivity contribution is 1.22. The molecule has 130 valence electrons. The SMILES string of the molecule is CN(C(=N)Nc1cc(Cl)c(Cl)c(Cl)c1)c1ccc2c3c(cccc13)C=C2. The number of hydrogen-bond donors (Lipinski definition) is 2. The third kappa shape index (κ3) is 2.82. The second-order valence-electron chi connectivity index (χ2n) is 6.06. The number of hydrogen-bond acceptors (Lipinski definition) is 1. The molecule has 0 aliphatic heterocycles. The quantitative estimate of drug-likeness (QED) is 0.221. The largest absolute Gasteiger partial charge is 0.326 e. The Kier molecular flexibility index (Phi) is 4.31. The topological polar surface area (TPSA) is 39.1 Å². The van der Waals surface area contributed by atoms with E-state index in [9.17, 15) is 0 Å². The highest BCUT2D eigenvalue weighted by molar-refractivity contribution is 6.48. The molecule has 3 aromatic rings. The van der Waals surface area contributed by atoms with Crippen LogP contribution < -0.4 is 10.2 Å². The van der Waals surface area contributed by atoms with Crippen LogP contribution in [0.4, 0.5) is 11.4 Å². The molecule has 4 rings (SSSR count). The van der Waals surface area contributed by atoms with Crippen LogP contribution in [0.15, 0.2) is 42.5 Å². The maximum atomic E-state index is 8.44. The van der Waals surface area contributed by atoms with Gasteiger partial charge in [-0.05, 0) is 34.7 Å². The summed E-state index contributed by atoms with van der Waals surface area (Å²) in [5.41, 5.74) is 3.94. The monoisotopic (exact) mass is 401 g/mol. The summed E-state index contributed by atoms with van der Waals surface area (Å²) in [5, 5.41) is 14.8. The van der Waals surface area contributed by atoms with Gasteiger partial charge in [0.2, 0.25) is 0 Å². The van der Waals surface area contributed by atoms with Crippen molar-refractivity contribution >= 4 is 75.1 Å². The highest BCUT2D eigenvalue weighted by Gasteiger charge is 2.16. The molecule has 26 heavy (non-hydrogen) atoms. The molecule has 0 saturated carbocycles. The van der Waals surface area contributed by atoms with Crippen molar-refractivity contribution in [3.05, 3.63) is 68.7 Å². The molecule has 0 bridgehead atoms. The number of benzene rings is 3. The Labute approximate surface area is 166 Å². The van der Waals surface area contributed by atoms with E-state index in [-0.39, 0.29) is 5.96 Å². The van der Waals surface area contributed by atoms with Crippen LogP contribution in [0, 0.1) is 5.41 Å². The van der Waals surface area contributed by atoms with E-state index in [1.165, 1.54) is 16.5 Å². The summed E-state index contributed by atoms with van der Waals surface area (Å²) in [5.74, 6) is 0.200. The zero-order valence-electron chi connectivity index (χ0n) is 13.8. The smallest absolute Gasteiger partial charge is 0.199 e. The molecule has 0 heterocycles. The molecule has 0 amide bonds. The normalized spacial score (nSPS) is 11.8. The highest BCUT2D eigenvalue weighted by Crippen LogP contribution is 2.37. The zero-order chi connectivity index (χ0) is 18.4. The van der Waals surface area contributed by atoms with E-state index >= 15 is 0 Å². The van der Waals surface area contributed by atoms with Gasteiger partial charge in [0.1, 0.15) is 0 Å². The fraction of sp³-hybridized carbons (Fsp3) is 0.0500. The Morgan fingerprint density at radius 1 is 0.962 bits per heavy atom. The van der Waals surface area contributed by atoms with Crippen molar-refractivity contribution in [3.63, 3.8) is 0 Å². The van der Waals surface area contributed by atoms with Gasteiger partial charge in [-0.1, -0.05) is 71.2 Å².